The summed E-state index contributed by atoms with van der Waals surface area (Å²) in [5.41, 5.74) is 0.397. The Morgan fingerprint density at radius 1 is 1.67 bits per heavy atom. The third-order valence-corrected chi connectivity index (χ3v) is 3.85. The van der Waals surface area contributed by atoms with Crippen molar-refractivity contribution in [1.29, 1.82) is 0 Å². The maximum atomic E-state index is 4.48. The highest BCUT2D eigenvalue weighted by Gasteiger charge is 2.39. The van der Waals surface area contributed by atoms with Crippen molar-refractivity contribution in [1.82, 2.24) is 5.32 Å². The Morgan fingerprint density at radius 3 is 2.92 bits per heavy atom. The molecule has 0 radical (unpaired) electrons. The molecule has 0 aromatic rings. The van der Waals surface area contributed by atoms with Crippen LogP contribution in [0.1, 0.15) is 33.1 Å². The second kappa shape index (κ2) is 2.95. The molecule has 1 N–H and O–H groups in total. The number of aliphatic imine (C=N–C) groups is 1. The molecule has 2 aliphatic rings. The van der Waals surface area contributed by atoms with Crippen molar-refractivity contribution >= 4 is 16.9 Å². The molecule has 2 nitrogen and oxygen atoms in total. The van der Waals surface area contributed by atoms with E-state index in [1.165, 1.54) is 24.4 Å². The summed E-state index contributed by atoms with van der Waals surface area (Å²) in [6.07, 6.45) is 3.85. The van der Waals surface area contributed by atoms with E-state index in [4.69, 9.17) is 0 Å². The Hall–Kier alpha value is -0.180. The summed E-state index contributed by atoms with van der Waals surface area (Å²) in [5, 5.41) is 5.42. The fraction of sp³-hybridized carbons (Fsp3) is 0.889. The van der Waals surface area contributed by atoms with E-state index in [0.717, 1.165) is 11.8 Å². The zero-order chi connectivity index (χ0) is 8.60. The number of hydrogen-bond donors (Lipinski definition) is 1. The molecule has 12 heavy (non-hydrogen) atoms. The summed E-state index contributed by atoms with van der Waals surface area (Å²) >= 11 is 1.92. The molecule has 1 heterocycles. The van der Waals surface area contributed by atoms with Gasteiger partial charge in [-0.15, -0.1) is 0 Å². The Kier molecular flexibility index (Phi) is 2.07. The molecule has 1 aliphatic carbocycles. The first-order valence-electron chi connectivity index (χ1n) is 4.71. The van der Waals surface area contributed by atoms with Crippen LogP contribution in [0, 0.1) is 0 Å². The van der Waals surface area contributed by atoms with E-state index in [1.54, 1.807) is 0 Å². The quantitative estimate of drug-likeness (QED) is 0.710. The minimum Gasteiger partial charge on any atom is -0.360 e. The summed E-state index contributed by atoms with van der Waals surface area (Å²) in [4.78, 5) is 4.48. The number of thioether (sulfide) groups is 1. The predicted octanol–water partition coefficient (Wildman–Crippen LogP) is 2.01. The highest BCUT2D eigenvalue weighted by Crippen LogP contribution is 2.36. The minimum atomic E-state index is 0.397. The van der Waals surface area contributed by atoms with E-state index in [1.807, 2.05) is 11.8 Å². The molecule has 0 amide bonds. The molecular weight excluding hydrogens is 168 g/mol. The highest BCUT2D eigenvalue weighted by molar-refractivity contribution is 8.14. The summed E-state index contributed by atoms with van der Waals surface area (Å²) < 4.78 is 0. The molecule has 3 heteroatoms. The van der Waals surface area contributed by atoms with Crippen molar-refractivity contribution in [2.24, 2.45) is 4.99 Å². The average Bonchev–Trinajstić information content (AvgIpc) is 2.63. The predicted molar refractivity (Wildman–Crippen MR) is 54.7 cm³/mol. The van der Waals surface area contributed by atoms with Crippen LogP contribution in [0.4, 0.5) is 0 Å². The van der Waals surface area contributed by atoms with Gasteiger partial charge in [0.1, 0.15) is 0 Å². The monoisotopic (exact) mass is 184 g/mol. The third-order valence-electron chi connectivity index (χ3n) is 2.58. The third kappa shape index (κ3) is 1.76. The fourth-order valence-electron chi connectivity index (χ4n) is 1.27. The molecule has 0 aromatic carbocycles. The first-order chi connectivity index (χ1) is 5.72. The lowest BCUT2D eigenvalue weighted by molar-refractivity contribution is 0.672. The van der Waals surface area contributed by atoms with E-state index in [-0.39, 0.29) is 0 Å². The van der Waals surface area contributed by atoms with E-state index in [2.05, 4.69) is 24.2 Å². The van der Waals surface area contributed by atoms with Gasteiger partial charge in [0.15, 0.2) is 5.17 Å². The Balaban J connectivity index is 1.83. The van der Waals surface area contributed by atoms with Gasteiger partial charge in [-0.2, -0.15) is 0 Å². The zero-order valence-corrected chi connectivity index (χ0v) is 8.58. The summed E-state index contributed by atoms with van der Waals surface area (Å²) in [5.74, 6) is 0. The Morgan fingerprint density at radius 2 is 2.42 bits per heavy atom. The van der Waals surface area contributed by atoms with Crippen LogP contribution < -0.4 is 5.32 Å². The molecule has 1 fully saturated rings. The van der Waals surface area contributed by atoms with E-state index in [0.29, 0.717) is 5.54 Å². The van der Waals surface area contributed by atoms with Gasteiger partial charge in [-0.05, 0) is 26.2 Å². The summed E-state index contributed by atoms with van der Waals surface area (Å²) in [6.45, 7) is 5.52. The van der Waals surface area contributed by atoms with Crippen LogP contribution in [0.5, 0.6) is 0 Å². The topological polar surface area (TPSA) is 24.4 Å². The second-order valence-corrected chi connectivity index (χ2v) is 5.27. The van der Waals surface area contributed by atoms with Crippen LogP contribution in [0.25, 0.3) is 0 Å². The lowest BCUT2D eigenvalue weighted by atomic mass is 10.3. The van der Waals surface area contributed by atoms with Gasteiger partial charge < -0.3 is 5.32 Å². The molecule has 1 saturated carbocycles. The highest BCUT2D eigenvalue weighted by atomic mass is 32.2. The molecule has 0 spiro atoms. The van der Waals surface area contributed by atoms with Crippen LogP contribution in [-0.2, 0) is 0 Å². The van der Waals surface area contributed by atoms with Crippen LogP contribution >= 0.6 is 11.8 Å². The SMILES string of the molecule is CCC1CN=C(NC2(C)CC2)S1. The molecule has 1 aliphatic heterocycles. The lowest BCUT2D eigenvalue weighted by Gasteiger charge is -2.12. The molecule has 0 aromatic heterocycles. The first-order valence-corrected chi connectivity index (χ1v) is 5.59. The van der Waals surface area contributed by atoms with Crippen molar-refractivity contribution < 1.29 is 0 Å². The van der Waals surface area contributed by atoms with Crippen LogP contribution in [0.2, 0.25) is 0 Å². The smallest absolute Gasteiger partial charge is 0.157 e. The molecule has 68 valence electrons. The standard InChI is InChI=1S/C9H16N2S/c1-3-7-6-10-8(12-7)11-9(2)4-5-9/h7H,3-6H2,1-2H3,(H,10,11). The number of nitrogens with zero attached hydrogens (tertiary/aromatic N) is 1. The maximum absolute atomic E-state index is 4.48. The summed E-state index contributed by atoms with van der Waals surface area (Å²) in [7, 11) is 0. The normalized spacial score (nSPS) is 31.5. The molecule has 2 rings (SSSR count). The number of hydrogen-bond acceptors (Lipinski definition) is 3. The van der Waals surface area contributed by atoms with Gasteiger partial charge >= 0.3 is 0 Å². The molecular formula is C9H16N2S. The fourth-order valence-corrected chi connectivity index (χ4v) is 2.36. The van der Waals surface area contributed by atoms with Gasteiger partial charge in [-0.3, -0.25) is 4.99 Å². The van der Waals surface area contributed by atoms with Gasteiger partial charge in [0.25, 0.3) is 0 Å². The zero-order valence-electron chi connectivity index (χ0n) is 7.76. The molecule has 1 atom stereocenters. The van der Waals surface area contributed by atoms with E-state index in [9.17, 15) is 0 Å². The molecule has 0 bridgehead atoms. The van der Waals surface area contributed by atoms with Gasteiger partial charge in [0, 0.05) is 10.8 Å². The van der Waals surface area contributed by atoms with Crippen molar-refractivity contribution in [3.05, 3.63) is 0 Å². The second-order valence-electron chi connectivity index (χ2n) is 3.98. The van der Waals surface area contributed by atoms with Crippen molar-refractivity contribution in [2.45, 2.75) is 43.9 Å². The van der Waals surface area contributed by atoms with Crippen molar-refractivity contribution in [2.75, 3.05) is 6.54 Å². The van der Waals surface area contributed by atoms with Crippen molar-refractivity contribution in [3.8, 4) is 0 Å². The van der Waals surface area contributed by atoms with Crippen LogP contribution in [0.3, 0.4) is 0 Å². The van der Waals surface area contributed by atoms with Gasteiger partial charge in [0.05, 0.1) is 6.54 Å². The molecule has 1 unspecified atom stereocenters. The van der Waals surface area contributed by atoms with Crippen molar-refractivity contribution in [3.63, 3.8) is 0 Å². The summed E-state index contributed by atoms with van der Waals surface area (Å²) in [6, 6.07) is 0. The van der Waals surface area contributed by atoms with Gasteiger partial charge in [-0.1, -0.05) is 18.7 Å². The average molecular weight is 184 g/mol. The number of nitrogens with one attached hydrogen (secondary N) is 1. The van der Waals surface area contributed by atoms with Crippen LogP contribution in [-0.4, -0.2) is 22.5 Å². The number of rotatable bonds is 2. The van der Waals surface area contributed by atoms with Crippen LogP contribution in [0.15, 0.2) is 4.99 Å². The van der Waals surface area contributed by atoms with Gasteiger partial charge in [-0.25, -0.2) is 0 Å². The Labute approximate surface area is 78.2 Å². The van der Waals surface area contributed by atoms with Gasteiger partial charge in [0.2, 0.25) is 0 Å². The maximum Gasteiger partial charge on any atom is 0.157 e. The largest absolute Gasteiger partial charge is 0.360 e. The molecule has 0 saturated heterocycles. The van der Waals surface area contributed by atoms with E-state index < -0.39 is 0 Å². The lowest BCUT2D eigenvalue weighted by Crippen LogP contribution is -2.31. The number of amidine groups is 1. The Bertz CT molecular complexity index is 209. The first kappa shape index (κ1) is 8.42. The minimum absolute atomic E-state index is 0.397. The van der Waals surface area contributed by atoms with E-state index >= 15 is 0 Å².